The molecule has 1 aliphatic heterocycles. The van der Waals surface area contributed by atoms with Gasteiger partial charge in [-0.05, 0) is 30.4 Å². The van der Waals surface area contributed by atoms with E-state index in [-0.39, 0.29) is 6.04 Å². The van der Waals surface area contributed by atoms with E-state index in [9.17, 15) is 14.4 Å². The number of hydrogen-bond donors (Lipinski definition) is 2. The van der Waals surface area contributed by atoms with Crippen LogP contribution in [0.4, 0.5) is 4.79 Å². The van der Waals surface area contributed by atoms with E-state index in [2.05, 4.69) is 5.32 Å². The first-order chi connectivity index (χ1) is 9.49. The lowest BCUT2D eigenvalue weighted by molar-refractivity contribution is -0.131. The van der Waals surface area contributed by atoms with Crippen LogP contribution < -0.4 is 5.32 Å². The predicted molar refractivity (Wildman–Crippen MR) is 73.5 cm³/mol. The number of carbonyl (C=O) groups excluding carboxylic acids is 2. The van der Waals surface area contributed by atoms with E-state index in [1.807, 2.05) is 18.4 Å². The SMILES string of the molecule is CC1c2ccsc2CCN1C(=O)NC(=O)C=CC(=O)O. The zero-order valence-corrected chi connectivity index (χ0v) is 11.6. The second-order valence-electron chi connectivity index (χ2n) is 4.38. The fourth-order valence-electron chi connectivity index (χ4n) is 2.15. The number of carbonyl (C=O) groups is 3. The number of urea groups is 1. The van der Waals surface area contributed by atoms with Crippen LogP contribution in [-0.4, -0.2) is 34.5 Å². The van der Waals surface area contributed by atoms with E-state index < -0.39 is 17.9 Å². The van der Waals surface area contributed by atoms with Gasteiger partial charge >= 0.3 is 12.0 Å². The molecule has 2 N–H and O–H groups in total. The molecule has 1 atom stereocenters. The van der Waals surface area contributed by atoms with Gasteiger partial charge < -0.3 is 10.0 Å². The number of thiophene rings is 1. The minimum atomic E-state index is -1.23. The molecule has 0 saturated heterocycles. The predicted octanol–water partition coefficient (Wildman–Crippen LogP) is 1.54. The molecule has 0 radical (unpaired) electrons. The molecule has 0 fully saturated rings. The highest BCUT2D eigenvalue weighted by atomic mass is 32.1. The van der Waals surface area contributed by atoms with Crippen LogP contribution in [0, 0.1) is 0 Å². The summed E-state index contributed by atoms with van der Waals surface area (Å²) in [6.45, 7) is 2.44. The van der Waals surface area contributed by atoms with Crippen LogP contribution in [0.15, 0.2) is 23.6 Å². The maximum Gasteiger partial charge on any atom is 0.328 e. The second kappa shape index (κ2) is 5.87. The average Bonchev–Trinajstić information content (AvgIpc) is 2.85. The van der Waals surface area contributed by atoms with Crippen LogP contribution in [0.25, 0.3) is 0 Å². The number of nitrogens with zero attached hydrogens (tertiary/aromatic N) is 1. The van der Waals surface area contributed by atoms with Gasteiger partial charge in [0.05, 0.1) is 6.04 Å². The zero-order chi connectivity index (χ0) is 14.7. The van der Waals surface area contributed by atoms with Gasteiger partial charge in [0, 0.05) is 23.6 Å². The lowest BCUT2D eigenvalue weighted by atomic mass is 10.0. The van der Waals surface area contributed by atoms with Gasteiger partial charge in [0.15, 0.2) is 0 Å². The third-order valence-corrected chi connectivity index (χ3v) is 4.14. The average molecular weight is 294 g/mol. The molecule has 0 saturated carbocycles. The van der Waals surface area contributed by atoms with E-state index in [1.54, 1.807) is 16.2 Å². The lowest BCUT2D eigenvalue weighted by Gasteiger charge is -2.33. The molecule has 1 aromatic heterocycles. The number of amides is 3. The minimum absolute atomic E-state index is 0.0961. The number of carboxylic acids is 1. The van der Waals surface area contributed by atoms with Crippen molar-refractivity contribution in [1.82, 2.24) is 10.2 Å². The van der Waals surface area contributed by atoms with Crippen molar-refractivity contribution in [3.8, 4) is 0 Å². The third kappa shape index (κ3) is 3.05. The molecule has 7 heteroatoms. The number of fused-ring (bicyclic) bond motifs is 1. The van der Waals surface area contributed by atoms with Gasteiger partial charge in [0.2, 0.25) is 0 Å². The Balaban J connectivity index is 2.00. The Labute approximate surface area is 119 Å². The number of aliphatic carboxylic acids is 1. The standard InChI is InChI=1S/C13H14N2O4S/c1-8-9-5-7-20-10(9)4-6-15(8)13(19)14-11(16)2-3-12(17)18/h2-3,5,7-8H,4,6H2,1H3,(H,17,18)(H,14,16,19). The summed E-state index contributed by atoms with van der Waals surface area (Å²) in [5, 5.41) is 12.6. The fraction of sp³-hybridized carbons (Fsp3) is 0.308. The summed E-state index contributed by atoms with van der Waals surface area (Å²) < 4.78 is 0. The van der Waals surface area contributed by atoms with Gasteiger partial charge in [-0.1, -0.05) is 0 Å². The molecular weight excluding hydrogens is 280 g/mol. The van der Waals surface area contributed by atoms with Gasteiger partial charge in [-0.3, -0.25) is 10.1 Å². The largest absolute Gasteiger partial charge is 0.478 e. The van der Waals surface area contributed by atoms with Crippen LogP contribution in [0.3, 0.4) is 0 Å². The molecular formula is C13H14N2O4S. The monoisotopic (exact) mass is 294 g/mol. The van der Waals surface area contributed by atoms with Gasteiger partial charge in [0.1, 0.15) is 0 Å². The van der Waals surface area contributed by atoms with Crippen LogP contribution in [0.5, 0.6) is 0 Å². The Hall–Kier alpha value is -2.15. The minimum Gasteiger partial charge on any atom is -0.478 e. The van der Waals surface area contributed by atoms with Crippen molar-refractivity contribution in [1.29, 1.82) is 0 Å². The van der Waals surface area contributed by atoms with Crippen molar-refractivity contribution in [2.45, 2.75) is 19.4 Å². The molecule has 1 aliphatic rings. The maximum absolute atomic E-state index is 12.0. The van der Waals surface area contributed by atoms with E-state index in [1.165, 1.54) is 4.88 Å². The summed E-state index contributed by atoms with van der Waals surface area (Å²) in [5.74, 6) is -1.97. The molecule has 0 aliphatic carbocycles. The highest BCUT2D eigenvalue weighted by molar-refractivity contribution is 7.10. The number of nitrogens with one attached hydrogen (secondary N) is 1. The summed E-state index contributed by atoms with van der Waals surface area (Å²) in [7, 11) is 0. The van der Waals surface area contributed by atoms with Crippen LogP contribution in [-0.2, 0) is 16.0 Å². The van der Waals surface area contributed by atoms with Crippen molar-refractivity contribution >= 4 is 29.2 Å². The molecule has 1 unspecified atom stereocenters. The first-order valence-corrected chi connectivity index (χ1v) is 6.96. The number of rotatable bonds is 2. The van der Waals surface area contributed by atoms with Gasteiger partial charge in [-0.2, -0.15) is 0 Å². The van der Waals surface area contributed by atoms with E-state index in [0.29, 0.717) is 12.6 Å². The van der Waals surface area contributed by atoms with Crippen molar-refractivity contribution in [2.75, 3.05) is 6.54 Å². The smallest absolute Gasteiger partial charge is 0.328 e. The van der Waals surface area contributed by atoms with Crippen molar-refractivity contribution in [2.24, 2.45) is 0 Å². The zero-order valence-electron chi connectivity index (χ0n) is 10.8. The normalized spacial score (nSPS) is 17.9. The molecule has 0 aromatic carbocycles. The summed E-state index contributed by atoms with van der Waals surface area (Å²) in [4.78, 5) is 36.5. The van der Waals surface area contributed by atoms with Gasteiger partial charge in [-0.25, -0.2) is 9.59 Å². The third-order valence-electron chi connectivity index (χ3n) is 3.15. The van der Waals surface area contributed by atoms with Crippen LogP contribution in [0.1, 0.15) is 23.4 Å². The lowest BCUT2D eigenvalue weighted by Crippen LogP contribution is -2.46. The molecule has 3 amide bonds. The highest BCUT2D eigenvalue weighted by Crippen LogP contribution is 2.32. The molecule has 1 aromatic rings. The Morgan fingerprint density at radius 2 is 2.20 bits per heavy atom. The van der Waals surface area contributed by atoms with E-state index >= 15 is 0 Å². The van der Waals surface area contributed by atoms with E-state index in [4.69, 9.17) is 5.11 Å². The quantitative estimate of drug-likeness (QED) is 0.810. The first kappa shape index (κ1) is 14.3. The molecule has 2 heterocycles. The molecule has 6 nitrogen and oxygen atoms in total. The van der Waals surface area contributed by atoms with Crippen molar-refractivity contribution < 1.29 is 19.5 Å². The fourth-order valence-corrected chi connectivity index (χ4v) is 3.12. The first-order valence-electron chi connectivity index (χ1n) is 6.08. The molecule has 20 heavy (non-hydrogen) atoms. The number of carboxylic acid groups (broad SMARTS) is 1. The molecule has 0 spiro atoms. The van der Waals surface area contributed by atoms with Crippen LogP contribution in [0.2, 0.25) is 0 Å². The maximum atomic E-state index is 12.0. The summed E-state index contributed by atoms with van der Waals surface area (Å²) in [5.41, 5.74) is 1.10. The Morgan fingerprint density at radius 1 is 1.45 bits per heavy atom. The molecule has 2 rings (SSSR count). The second-order valence-corrected chi connectivity index (χ2v) is 5.39. The van der Waals surface area contributed by atoms with Crippen molar-refractivity contribution in [3.63, 3.8) is 0 Å². The van der Waals surface area contributed by atoms with Crippen molar-refractivity contribution in [3.05, 3.63) is 34.0 Å². The topological polar surface area (TPSA) is 86.7 Å². The highest BCUT2D eigenvalue weighted by Gasteiger charge is 2.28. The van der Waals surface area contributed by atoms with Gasteiger partial charge in [-0.15, -0.1) is 11.3 Å². The van der Waals surface area contributed by atoms with Gasteiger partial charge in [0.25, 0.3) is 5.91 Å². The Kier molecular flexibility index (Phi) is 4.19. The van der Waals surface area contributed by atoms with Crippen LogP contribution >= 0.6 is 11.3 Å². The summed E-state index contributed by atoms with van der Waals surface area (Å²) in [6.07, 6.45) is 2.29. The Bertz CT molecular complexity index is 579. The number of imide groups is 1. The summed E-state index contributed by atoms with van der Waals surface area (Å²) >= 11 is 1.67. The number of hydrogen-bond acceptors (Lipinski definition) is 4. The van der Waals surface area contributed by atoms with E-state index in [0.717, 1.165) is 18.1 Å². The Morgan fingerprint density at radius 3 is 2.90 bits per heavy atom. The summed E-state index contributed by atoms with van der Waals surface area (Å²) in [6, 6.07) is 1.38. The molecule has 0 bridgehead atoms. The molecule has 106 valence electrons.